The molecule has 0 radical (unpaired) electrons. The van der Waals surface area contributed by atoms with E-state index in [1.807, 2.05) is 11.1 Å². The first kappa shape index (κ1) is 11.8. The summed E-state index contributed by atoms with van der Waals surface area (Å²) in [4.78, 5) is 0. The summed E-state index contributed by atoms with van der Waals surface area (Å²) >= 11 is 6.24. The molecule has 0 aromatic heterocycles. The van der Waals surface area contributed by atoms with Crippen LogP contribution in [0.15, 0.2) is 23.3 Å². The molecule has 0 aromatic carbocycles. The van der Waals surface area contributed by atoms with Crippen molar-refractivity contribution in [3.63, 3.8) is 0 Å². The minimum absolute atomic E-state index is 0.684. The molecule has 1 fully saturated rings. The highest BCUT2D eigenvalue weighted by molar-refractivity contribution is 6.18. The quantitative estimate of drug-likeness (QED) is 0.488. The lowest BCUT2D eigenvalue weighted by Gasteiger charge is -2.37. The van der Waals surface area contributed by atoms with Gasteiger partial charge in [-0.15, -0.1) is 11.6 Å². The van der Waals surface area contributed by atoms with Crippen molar-refractivity contribution in [2.45, 2.75) is 39.5 Å². The number of fused-ring (bicyclic) bond motifs is 4. The van der Waals surface area contributed by atoms with Gasteiger partial charge in [0.25, 0.3) is 0 Å². The Morgan fingerprint density at radius 1 is 1.35 bits per heavy atom. The minimum Gasteiger partial charge on any atom is -0.126 e. The monoisotopic (exact) mass is 250 g/mol. The molecule has 0 nitrogen and oxygen atoms in total. The van der Waals surface area contributed by atoms with Gasteiger partial charge in [0.05, 0.1) is 0 Å². The van der Waals surface area contributed by atoms with Crippen LogP contribution >= 0.6 is 11.6 Å². The standard InChI is InChI=1S/C16H23Cl/c1-9(2)16-14-7-13(15(16)8-17)12-6-10(3)4-5-11(12)14/h10,13-16H,1,4-8H2,2-3H3. The third kappa shape index (κ3) is 1.63. The van der Waals surface area contributed by atoms with Gasteiger partial charge in [0.2, 0.25) is 0 Å². The highest BCUT2D eigenvalue weighted by Crippen LogP contribution is 2.61. The zero-order chi connectivity index (χ0) is 12.2. The van der Waals surface area contributed by atoms with Crippen molar-refractivity contribution in [2.75, 3.05) is 5.88 Å². The van der Waals surface area contributed by atoms with Crippen molar-refractivity contribution in [1.82, 2.24) is 0 Å². The number of hydrogen-bond acceptors (Lipinski definition) is 0. The Labute approximate surface area is 110 Å². The van der Waals surface area contributed by atoms with Gasteiger partial charge in [-0.2, -0.15) is 0 Å². The molecule has 17 heavy (non-hydrogen) atoms. The van der Waals surface area contributed by atoms with Gasteiger partial charge in [0.15, 0.2) is 0 Å². The van der Waals surface area contributed by atoms with Crippen LogP contribution < -0.4 is 0 Å². The molecule has 3 aliphatic rings. The predicted molar refractivity (Wildman–Crippen MR) is 74.2 cm³/mol. The zero-order valence-electron chi connectivity index (χ0n) is 11.0. The highest BCUT2D eigenvalue weighted by Gasteiger charge is 2.52. The maximum Gasteiger partial charge on any atom is 0.0263 e. The molecule has 0 N–H and O–H groups in total. The van der Waals surface area contributed by atoms with Crippen LogP contribution in [0.5, 0.6) is 0 Å². The van der Waals surface area contributed by atoms with Gasteiger partial charge >= 0.3 is 0 Å². The van der Waals surface area contributed by atoms with E-state index in [1.54, 1.807) is 0 Å². The Bertz CT molecular complexity index is 379. The number of rotatable bonds is 2. The molecule has 2 bridgehead atoms. The number of hydrogen-bond donors (Lipinski definition) is 0. The Balaban J connectivity index is 1.96. The van der Waals surface area contributed by atoms with Crippen molar-refractivity contribution in [3.8, 4) is 0 Å². The molecule has 5 unspecified atom stereocenters. The first-order chi connectivity index (χ1) is 8.13. The van der Waals surface area contributed by atoms with E-state index < -0.39 is 0 Å². The molecular formula is C16H23Cl. The molecule has 94 valence electrons. The van der Waals surface area contributed by atoms with Crippen molar-refractivity contribution < 1.29 is 0 Å². The van der Waals surface area contributed by atoms with Crippen molar-refractivity contribution in [2.24, 2.45) is 29.6 Å². The van der Waals surface area contributed by atoms with E-state index >= 15 is 0 Å². The summed E-state index contributed by atoms with van der Waals surface area (Å²) in [5.41, 5.74) is 5.01. The summed E-state index contributed by atoms with van der Waals surface area (Å²) < 4.78 is 0. The normalized spacial score (nSPS) is 44.1. The largest absolute Gasteiger partial charge is 0.126 e. The fourth-order valence-corrected chi connectivity index (χ4v) is 5.21. The third-order valence-corrected chi connectivity index (χ3v) is 5.81. The average Bonchev–Trinajstić information content (AvgIpc) is 2.83. The molecule has 5 atom stereocenters. The van der Waals surface area contributed by atoms with Crippen molar-refractivity contribution in [1.29, 1.82) is 0 Å². The summed E-state index contributed by atoms with van der Waals surface area (Å²) in [5.74, 6) is 4.70. The Hall–Kier alpha value is -0.230. The molecule has 3 rings (SSSR count). The molecule has 3 aliphatic carbocycles. The molecule has 1 saturated carbocycles. The smallest absolute Gasteiger partial charge is 0.0263 e. The van der Waals surface area contributed by atoms with Crippen LogP contribution in [0.2, 0.25) is 0 Å². The molecule has 0 heterocycles. The van der Waals surface area contributed by atoms with Gasteiger partial charge in [0, 0.05) is 5.88 Å². The SMILES string of the molecule is C=C(C)C1C2CC(C3=C2CCC(C)C3)C1CCl. The van der Waals surface area contributed by atoms with Gasteiger partial charge in [-0.1, -0.05) is 30.2 Å². The van der Waals surface area contributed by atoms with E-state index in [-0.39, 0.29) is 0 Å². The number of alkyl halides is 1. The summed E-state index contributed by atoms with van der Waals surface area (Å²) in [6.45, 7) is 8.83. The van der Waals surface area contributed by atoms with E-state index in [1.165, 1.54) is 31.3 Å². The fourth-order valence-electron chi connectivity index (χ4n) is 4.80. The Kier molecular flexibility index (Phi) is 2.89. The lowest BCUT2D eigenvalue weighted by molar-refractivity contribution is 0.327. The molecule has 0 aromatic rings. The Morgan fingerprint density at radius 3 is 2.76 bits per heavy atom. The maximum absolute atomic E-state index is 6.24. The van der Waals surface area contributed by atoms with Crippen molar-refractivity contribution in [3.05, 3.63) is 23.3 Å². The number of halogens is 1. The van der Waals surface area contributed by atoms with Gasteiger partial charge in [-0.3, -0.25) is 0 Å². The average molecular weight is 251 g/mol. The highest BCUT2D eigenvalue weighted by atomic mass is 35.5. The van der Waals surface area contributed by atoms with Crippen LogP contribution in [0, 0.1) is 29.6 Å². The summed E-state index contributed by atoms with van der Waals surface area (Å²) in [7, 11) is 0. The van der Waals surface area contributed by atoms with Crippen LogP contribution in [0.4, 0.5) is 0 Å². The summed E-state index contributed by atoms with van der Waals surface area (Å²) in [6, 6.07) is 0. The molecule has 0 aliphatic heterocycles. The van der Waals surface area contributed by atoms with E-state index in [2.05, 4.69) is 20.4 Å². The fraction of sp³-hybridized carbons (Fsp3) is 0.750. The second-order valence-electron chi connectivity index (χ2n) is 6.54. The Morgan fingerprint density at radius 2 is 2.12 bits per heavy atom. The van der Waals surface area contributed by atoms with E-state index in [9.17, 15) is 0 Å². The maximum atomic E-state index is 6.24. The molecule has 0 amide bonds. The first-order valence-corrected chi connectivity index (χ1v) is 7.60. The molecule has 0 spiro atoms. The topological polar surface area (TPSA) is 0 Å². The lowest BCUT2D eigenvalue weighted by atomic mass is 9.68. The van der Waals surface area contributed by atoms with Crippen LogP contribution in [-0.2, 0) is 0 Å². The predicted octanol–water partition coefficient (Wildman–Crippen LogP) is 4.80. The molecule has 1 heteroatoms. The molecule has 0 saturated heterocycles. The zero-order valence-corrected chi connectivity index (χ0v) is 11.8. The van der Waals surface area contributed by atoms with Crippen molar-refractivity contribution >= 4 is 11.6 Å². The lowest BCUT2D eigenvalue weighted by Crippen LogP contribution is -2.29. The molecular weight excluding hydrogens is 228 g/mol. The first-order valence-electron chi connectivity index (χ1n) is 7.06. The summed E-state index contributed by atoms with van der Waals surface area (Å²) in [5, 5.41) is 0. The second-order valence-corrected chi connectivity index (χ2v) is 6.85. The minimum atomic E-state index is 0.684. The van der Waals surface area contributed by atoms with Gasteiger partial charge < -0.3 is 0 Å². The number of allylic oxidation sites excluding steroid dienone is 3. The van der Waals surface area contributed by atoms with Crippen LogP contribution in [0.1, 0.15) is 39.5 Å². The third-order valence-electron chi connectivity index (χ3n) is 5.45. The van der Waals surface area contributed by atoms with Crippen LogP contribution in [-0.4, -0.2) is 5.88 Å². The summed E-state index contributed by atoms with van der Waals surface area (Å²) in [6.07, 6.45) is 5.49. The van der Waals surface area contributed by atoms with E-state index in [4.69, 9.17) is 11.6 Å². The van der Waals surface area contributed by atoms with Crippen LogP contribution in [0.3, 0.4) is 0 Å². The van der Waals surface area contributed by atoms with E-state index in [0.717, 1.165) is 23.6 Å². The van der Waals surface area contributed by atoms with Gasteiger partial charge in [-0.25, -0.2) is 0 Å². The van der Waals surface area contributed by atoms with Gasteiger partial charge in [0.1, 0.15) is 0 Å². The van der Waals surface area contributed by atoms with Gasteiger partial charge in [-0.05, 0) is 62.2 Å². The van der Waals surface area contributed by atoms with Crippen LogP contribution in [0.25, 0.3) is 0 Å². The second kappa shape index (κ2) is 4.16. The van der Waals surface area contributed by atoms with E-state index in [0.29, 0.717) is 11.8 Å².